The Balaban J connectivity index is 2.08. The molecule has 0 atom stereocenters. The molecule has 0 spiro atoms. The molecule has 0 saturated carbocycles. The lowest BCUT2D eigenvalue weighted by Gasteiger charge is -2.05. The number of rotatable bonds is 3. The highest BCUT2D eigenvalue weighted by Crippen LogP contribution is 2.28. The second kappa shape index (κ2) is 5.38. The van der Waals surface area contributed by atoms with Crippen molar-refractivity contribution in [1.82, 2.24) is 4.98 Å². The SMILES string of the molecule is Nc1cnccc1SCc1ccc(Cl)c(F)c1. The van der Waals surface area contributed by atoms with E-state index in [9.17, 15) is 4.39 Å². The summed E-state index contributed by atoms with van der Waals surface area (Å²) in [5.74, 6) is 0.245. The van der Waals surface area contributed by atoms with Gasteiger partial charge in [-0.2, -0.15) is 0 Å². The van der Waals surface area contributed by atoms with Crippen molar-refractivity contribution < 1.29 is 4.39 Å². The number of aromatic nitrogens is 1. The highest BCUT2D eigenvalue weighted by Gasteiger charge is 2.03. The van der Waals surface area contributed by atoms with Crippen molar-refractivity contribution in [3.8, 4) is 0 Å². The molecule has 0 aliphatic rings. The number of pyridine rings is 1. The summed E-state index contributed by atoms with van der Waals surface area (Å²) in [7, 11) is 0. The number of nitrogens with two attached hydrogens (primary N) is 1. The molecule has 88 valence electrons. The Kier molecular flexibility index (Phi) is 3.86. The zero-order valence-electron chi connectivity index (χ0n) is 8.86. The van der Waals surface area contributed by atoms with Gasteiger partial charge in [0.05, 0.1) is 16.9 Å². The van der Waals surface area contributed by atoms with E-state index >= 15 is 0 Å². The summed E-state index contributed by atoms with van der Waals surface area (Å²) in [5, 5.41) is 0.141. The van der Waals surface area contributed by atoms with Crippen LogP contribution in [-0.2, 0) is 5.75 Å². The summed E-state index contributed by atoms with van der Waals surface area (Å²) >= 11 is 7.15. The van der Waals surface area contributed by atoms with Gasteiger partial charge in [0.25, 0.3) is 0 Å². The van der Waals surface area contributed by atoms with Crippen LogP contribution < -0.4 is 5.73 Å². The molecule has 1 aromatic heterocycles. The number of hydrogen-bond acceptors (Lipinski definition) is 3. The third-order valence-corrected chi connectivity index (χ3v) is 3.66. The summed E-state index contributed by atoms with van der Waals surface area (Å²) < 4.78 is 13.2. The molecule has 0 bridgehead atoms. The third kappa shape index (κ3) is 3.11. The van der Waals surface area contributed by atoms with E-state index in [1.807, 2.05) is 6.07 Å². The molecule has 17 heavy (non-hydrogen) atoms. The molecule has 0 amide bonds. The monoisotopic (exact) mass is 268 g/mol. The molecule has 0 fully saturated rings. The molecule has 0 radical (unpaired) electrons. The second-order valence-corrected chi connectivity index (χ2v) is 4.88. The molecular weight excluding hydrogens is 259 g/mol. The fourth-order valence-corrected chi connectivity index (χ4v) is 2.31. The van der Waals surface area contributed by atoms with Crippen LogP contribution in [0, 0.1) is 5.82 Å². The Hall–Kier alpha value is -1.26. The van der Waals surface area contributed by atoms with Gasteiger partial charge in [0, 0.05) is 16.8 Å². The maximum absolute atomic E-state index is 13.2. The van der Waals surface area contributed by atoms with Crippen LogP contribution in [0.3, 0.4) is 0 Å². The van der Waals surface area contributed by atoms with E-state index < -0.39 is 5.82 Å². The van der Waals surface area contributed by atoms with Crippen LogP contribution in [0.1, 0.15) is 5.56 Å². The van der Waals surface area contributed by atoms with E-state index in [-0.39, 0.29) is 5.02 Å². The molecule has 5 heteroatoms. The van der Waals surface area contributed by atoms with Gasteiger partial charge in [0.1, 0.15) is 5.82 Å². The number of benzene rings is 1. The Bertz CT molecular complexity index is 534. The van der Waals surface area contributed by atoms with Crippen molar-refractivity contribution in [2.45, 2.75) is 10.6 Å². The van der Waals surface area contributed by atoms with Crippen LogP contribution in [-0.4, -0.2) is 4.98 Å². The standard InChI is InChI=1S/C12H10ClFN2S/c13-9-2-1-8(5-10(9)14)7-17-12-3-4-16-6-11(12)15/h1-6H,7,15H2. The highest BCUT2D eigenvalue weighted by atomic mass is 35.5. The summed E-state index contributed by atoms with van der Waals surface area (Å²) in [6.07, 6.45) is 3.28. The van der Waals surface area contributed by atoms with E-state index in [4.69, 9.17) is 17.3 Å². The van der Waals surface area contributed by atoms with Crippen LogP contribution in [0.5, 0.6) is 0 Å². The van der Waals surface area contributed by atoms with Crippen LogP contribution >= 0.6 is 23.4 Å². The largest absolute Gasteiger partial charge is 0.397 e. The highest BCUT2D eigenvalue weighted by molar-refractivity contribution is 7.98. The van der Waals surface area contributed by atoms with Gasteiger partial charge in [-0.1, -0.05) is 17.7 Å². The normalized spacial score (nSPS) is 10.5. The first-order valence-corrected chi connectivity index (χ1v) is 6.29. The third-order valence-electron chi connectivity index (χ3n) is 2.19. The van der Waals surface area contributed by atoms with Crippen LogP contribution in [0.2, 0.25) is 5.02 Å². The van der Waals surface area contributed by atoms with E-state index in [1.165, 1.54) is 17.8 Å². The Morgan fingerprint density at radius 2 is 2.18 bits per heavy atom. The number of nitrogens with zero attached hydrogens (tertiary/aromatic N) is 1. The smallest absolute Gasteiger partial charge is 0.142 e. The first kappa shape index (κ1) is 12.2. The Morgan fingerprint density at radius 1 is 1.35 bits per heavy atom. The number of anilines is 1. The van der Waals surface area contributed by atoms with Crippen molar-refractivity contribution >= 4 is 29.1 Å². The fourth-order valence-electron chi connectivity index (χ4n) is 1.32. The van der Waals surface area contributed by atoms with Crippen LogP contribution in [0.15, 0.2) is 41.6 Å². The lowest BCUT2D eigenvalue weighted by molar-refractivity contribution is 0.627. The van der Waals surface area contributed by atoms with Gasteiger partial charge < -0.3 is 5.73 Å². The van der Waals surface area contributed by atoms with Crippen molar-refractivity contribution in [1.29, 1.82) is 0 Å². The second-order valence-electron chi connectivity index (χ2n) is 3.45. The average Bonchev–Trinajstić information content (AvgIpc) is 2.32. The van der Waals surface area contributed by atoms with Gasteiger partial charge in [-0.25, -0.2) is 4.39 Å². The van der Waals surface area contributed by atoms with Crippen molar-refractivity contribution in [3.05, 3.63) is 53.1 Å². The Labute approximate surface area is 108 Å². The van der Waals surface area contributed by atoms with Gasteiger partial charge >= 0.3 is 0 Å². The first-order valence-electron chi connectivity index (χ1n) is 4.93. The fraction of sp³-hybridized carbons (Fsp3) is 0.0833. The Morgan fingerprint density at radius 3 is 2.88 bits per heavy atom. The van der Waals surface area contributed by atoms with Crippen molar-refractivity contribution in [2.75, 3.05) is 5.73 Å². The number of hydrogen-bond donors (Lipinski definition) is 1. The van der Waals surface area contributed by atoms with E-state index in [0.717, 1.165) is 10.5 Å². The summed E-state index contributed by atoms with van der Waals surface area (Å²) in [5.41, 5.74) is 7.26. The maximum Gasteiger partial charge on any atom is 0.142 e. The molecule has 0 saturated heterocycles. The van der Waals surface area contributed by atoms with E-state index in [1.54, 1.807) is 24.5 Å². The van der Waals surface area contributed by atoms with Gasteiger partial charge in [0.2, 0.25) is 0 Å². The number of nitrogen functional groups attached to an aromatic ring is 1. The number of thioether (sulfide) groups is 1. The van der Waals surface area contributed by atoms with Gasteiger partial charge in [-0.15, -0.1) is 11.8 Å². The van der Waals surface area contributed by atoms with Gasteiger partial charge in [-0.05, 0) is 23.8 Å². The molecule has 0 aliphatic carbocycles. The predicted octanol–water partition coefficient (Wildman–Crippen LogP) is 3.75. The molecular formula is C12H10ClFN2S. The molecule has 2 rings (SSSR count). The molecule has 2 nitrogen and oxygen atoms in total. The minimum Gasteiger partial charge on any atom is -0.397 e. The molecule has 0 unspecified atom stereocenters. The summed E-state index contributed by atoms with van der Waals surface area (Å²) in [4.78, 5) is 4.85. The summed E-state index contributed by atoms with van der Waals surface area (Å²) in [6, 6.07) is 6.64. The van der Waals surface area contributed by atoms with E-state index in [0.29, 0.717) is 11.4 Å². The topological polar surface area (TPSA) is 38.9 Å². The molecule has 1 heterocycles. The minimum atomic E-state index is -0.396. The van der Waals surface area contributed by atoms with Gasteiger partial charge in [-0.3, -0.25) is 4.98 Å². The van der Waals surface area contributed by atoms with E-state index in [2.05, 4.69) is 4.98 Å². The van der Waals surface area contributed by atoms with Crippen LogP contribution in [0.4, 0.5) is 10.1 Å². The van der Waals surface area contributed by atoms with Crippen molar-refractivity contribution in [3.63, 3.8) is 0 Å². The molecule has 1 aromatic carbocycles. The lowest BCUT2D eigenvalue weighted by Crippen LogP contribution is -1.90. The lowest BCUT2D eigenvalue weighted by atomic mass is 10.2. The maximum atomic E-state index is 13.2. The molecule has 0 aliphatic heterocycles. The first-order chi connectivity index (χ1) is 8.16. The molecule has 2 aromatic rings. The van der Waals surface area contributed by atoms with Crippen LogP contribution in [0.25, 0.3) is 0 Å². The number of halogens is 2. The zero-order chi connectivity index (χ0) is 12.3. The zero-order valence-corrected chi connectivity index (χ0v) is 10.4. The van der Waals surface area contributed by atoms with Gasteiger partial charge in [0.15, 0.2) is 0 Å². The average molecular weight is 269 g/mol. The molecule has 2 N–H and O–H groups in total. The summed E-state index contributed by atoms with van der Waals surface area (Å²) in [6.45, 7) is 0. The van der Waals surface area contributed by atoms with Crippen molar-refractivity contribution in [2.24, 2.45) is 0 Å². The predicted molar refractivity (Wildman–Crippen MR) is 69.6 cm³/mol. The minimum absolute atomic E-state index is 0.141. The quantitative estimate of drug-likeness (QED) is 0.862.